The zero-order valence-electron chi connectivity index (χ0n) is 15.5. The number of fused-ring (bicyclic) bond motifs is 3. The number of hydrogen-bond acceptors (Lipinski definition) is 3. The molecule has 0 N–H and O–H groups in total. The second-order valence-corrected chi connectivity index (χ2v) is 6.88. The first-order chi connectivity index (χ1) is 14.2. The Bertz CT molecular complexity index is 1370. The van der Waals surface area contributed by atoms with Crippen LogP contribution in [-0.2, 0) is 13.0 Å². The van der Waals surface area contributed by atoms with Gasteiger partial charge in [-0.05, 0) is 48.4 Å². The Morgan fingerprint density at radius 2 is 1.55 bits per heavy atom. The molecule has 0 aliphatic carbocycles. The second kappa shape index (κ2) is 6.98. The first-order valence-electron chi connectivity index (χ1n) is 9.39. The Hall–Kier alpha value is -3.80. The van der Waals surface area contributed by atoms with Gasteiger partial charge in [0.1, 0.15) is 5.82 Å². The van der Waals surface area contributed by atoms with Gasteiger partial charge in [0.15, 0.2) is 5.82 Å². The van der Waals surface area contributed by atoms with Crippen LogP contribution in [0.5, 0.6) is 0 Å². The number of halogens is 1. The van der Waals surface area contributed by atoms with E-state index in [0.717, 1.165) is 16.6 Å². The van der Waals surface area contributed by atoms with Crippen molar-refractivity contribution >= 4 is 16.7 Å². The molecule has 0 spiro atoms. The van der Waals surface area contributed by atoms with E-state index in [2.05, 4.69) is 10.2 Å². The quantitative estimate of drug-likeness (QED) is 0.469. The molecule has 6 heteroatoms. The van der Waals surface area contributed by atoms with E-state index >= 15 is 0 Å². The van der Waals surface area contributed by atoms with Crippen molar-refractivity contribution in [3.05, 3.63) is 101 Å². The average Bonchev–Trinajstić information content (AvgIpc) is 3.20. The third kappa shape index (κ3) is 2.99. The fraction of sp³-hybridized carbons (Fsp3) is 0.0870. The van der Waals surface area contributed by atoms with E-state index in [9.17, 15) is 9.18 Å². The van der Waals surface area contributed by atoms with E-state index in [4.69, 9.17) is 0 Å². The first kappa shape index (κ1) is 17.3. The molecule has 0 bridgehead atoms. The minimum atomic E-state index is -0.313. The Morgan fingerprint density at radius 1 is 0.828 bits per heavy atom. The molecule has 142 valence electrons. The van der Waals surface area contributed by atoms with Crippen molar-refractivity contribution < 1.29 is 4.39 Å². The highest BCUT2D eigenvalue weighted by Gasteiger charge is 2.17. The zero-order valence-corrected chi connectivity index (χ0v) is 15.5. The smallest absolute Gasteiger partial charge is 0.262 e. The number of hydrogen-bond donors (Lipinski definition) is 0. The molecule has 5 aromatic rings. The van der Waals surface area contributed by atoms with Crippen LogP contribution in [0.4, 0.5) is 4.39 Å². The largest absolute Gasteiger partial charge is 0.276 e. The number of aryl methyl sites for hydroxylation is 2. The predicted octanol–water partition coefficient (Wildman–Crippen LogP) is 4.09. The SMILES string of the molecule is O=c1c2ccccc2n2c(-c3ccc(F)cc3)nnc2n1CCc1ccccc1. The van der Waals surface area contributed by atoms with Gasteiger partial charge < -0.3 is 0 Å². The molecule has 0 aliphatic rings. The highest BCUT2D eigenvalue weighted by Crippen LogP contribution is 2.22. The van der Waals surface area contributed by atoms with Crippen LogP contribution in [-0.4, -0.2) is 19.2 Å². The fourth-order valence-corrected chi connectivity index (χ4v) is 3.63. The molecule has 0 saturated carbocycles. The van der Waals surface area contributed by atoms with Crippen LogP contribution >= 0.6 is 0 Å². The summed E-state index contributed by atoms with van der Waals surface area (Å²) < 4.78 is 16.9. The Morgan fingerprint density at radius 3 is 2.34 bits per heavy atom. The third-order valence-corrected chi connectivity index (χ3v) is 5.08. The van der Waals surface area contributed by atoms with Gasteiger partial charge in [0.05, 0.1) is 10.9 Å². The molecule has 0 fully saturated rings. The third-order valence-electron chi connectivity index (χ3n) is 5.08. The van der Waals surface area contributed by atoms with E-state index in [1.165, 1.54) is 12.1 Å². The molecule has 0 atom stereocenters. The number of benzene rings is 3. The lowest BCUT2D eigenvalue weighted by Gasteiger charge is -2.11. The summed E-state index contributed by atoms with van der Waals surface area (Å²) in [5.74, 6) is 0.737. The van der Waals surface area contributed by atoms with Gasteiger partial charge in [0.2, 0.25) is 5.78 Å². The molecule has 0 unspecified atom stereocenters. The summed E-state index contributed by atoms with van der Waals surface area (Å²) in [5, 5.41) is 9.25. The number of aromatic nitrogens is 4. The van der Waals surface area contributed by atoms with Crippen molar-refractivity contribution in [3.63, 3.8) is 0 Å². The molecule has 0 radical (unpaired) electrons. The van der Waals surface area contributed by atoms with Crippen molar-refractivity contribution in [1.29, 1.82) is 0 Å². The maximum atomic E-state index is 13.4. The van der Waals surface area contributed by atoms with Crippen LogP contribution in [0, 0.1) is 5.82 Å². The molecule has 0 aliphatic heterocycles. The maximum absolute atomic E-state index is 13.4. The number of para-hydroxylation sites is 1. The molecule has 3 aromatic carbocycles. The highest BCUT2D eigenvalue weighted by atomic mass is 19.1. The first-order valence-corrected chi connectivity index (χ1v) is 9.39. The highest BCUT2D eigenvalue weighted by molar-refractivity contribution is 5.82. The molecule has 0 saturated heterocycles. The van der Waals surface area contributed by atoms with Gasteiger partial charge >= 0.3 is 0 Å². The number of nitrogens with zero attached hydrogens (tertiary/aromatic N) is 4. The van der Waals surface area contributed by atoms with E-state index < -0.39 is 0 Å². The average molecular weight is 384 g/mol. The van der Waals surface area contributed by atoms with Gasteiger partial charge in [-0.1, -0.05) is 42.5 Å². The zero-order chi connectivity index (χ0) is 19.8. The Balaban J connectivity index is 1.73. The molecular formula is C23H17FN4O. The van der Waals surface area contributed by atoms with E-state index in [1.807, 2.05) is 59.0 Å². The van der Waals surface area contributed by atoms with Crippen LogP contribution in [0.1, 0.15) is 5.56 Å². The molecule has 5 rings (SSSR count). The topological polar surface area (TPSA) is 52.2 Å². The standard InChI is InChI=1S/C23H17FN4O/c24-18-12-10-17(11-13-18)21-25-26-23-27(15-14-16-6-2-1-3-7-16)22(29)19-8-4-5-9-20(19)28(21)23/h1-13H,14-15H2. The molecular weight excluding hydrogens is 367 g/mol. The van der Waals surface area contributed by atoms with E-state index in [1.54, 1.807) is 16.7 Å². The summed E-state index contributed by atoms with van der Waals surface area (Å²) in [7, 11) is 0. The summed E-state index contributed by atoms with van der Waals surface area (Å²) in [4.78, 5) is 13.2. The predicted molar refractivity (Wildman–Crippen MR) is 110 cm³/mol. The van der Waals surface area contributed by atoms with E-state index in [-0.39, 0.29) is 11.4 Å². The van der Waals surface area contributed by atoms with E-state index in [0.29, 0.717) is 30.0 Å². The monoisotopic (exact) mass is 384 g/mol. The van der Waals surface area contributed by atoms with Crippen LogP contribution in [0.3, 0.4) is 0 Å². The summed E-state index contributed by atoms with van der Waals surface area (Å²) in [6.07, 6.45) is 0.702. The van der Waals surface area contributed by atoms with Crippen molar-refractivity contribution in [2.45, 2.75) is 13.0 Å². The van der Waals surface area contributed by atoms with Gasteiger partial charge in [-0.3, -0.25) is 13.8 Å². The van der Waals surface area contributed by atoms with Gasteiger partial charge in [-0.15, -0.1) is 10.2 Å². The Kier molecular flexibility index (Phi) is 4.17. The van der Waals surface area contributed by atoms with Crippen LogP contribution in [0.2, 0.25) is 0 Å². The number of rotatable bonds is 4. The van der Waals surface area contributed by atoms with Gasteiger partial charge in [0, 0.05) is 12.1 Å². The lowest BCUT2D eigenvalue weighted by atomic mass is 10.1. The Labute approximate surface area is 165 Å². The van der Waals surface area contributed by atoms with Crippen molar-refractivity contribution in [2.75, 3.05) is 0 Å². The van der Waals surface area contributed by atoms with Gasteiger partial charge in [0.25, 0.3) is 5.56 Å². The van der Waals surface area contributed by atoms with Crippen molar-refractivity contribution in [3.8, 4) is 11.4 Å². The second-order valence-electron chi connectivity index (χ2n) is 6.88. The summed E-state index contributed by atoms with van der Waals surface area (Å²) in [6.45, 7) is 0.485. The minimum Gasteiger partial charge on any atom is -0.276 e. The van der Waals surface area contributed by atoms with Gasteiger partial charge in [-0.2, -0.15) is 0 Å². The lowest BCUT2D eigenvalue weighted by Crippen LogP contribution is -2.24. The molecule has 2 heterocycles. The molecule has 2 aromatic heterocycles. The fourth-order valence-electron chi connectivity index (χ4n) is 3.63. The normalized spacial score (nSPS) is 11.3. The summed E-state index contributed by atoms with van der Waals surface area (Å²) >= 11 is 0. The van der Waals surface area contributed by atoms with Crippen LogP contribution in [0.15, 0.2) is 83.7 Å². The molecule has 0 amide bonds. The van der Waals surface area contributed by atoms with Crippen LogP contribution in [0.25, 0.3) is 28.1 Å². The lowest BCUT2D eigenvalue weighted by molar-refractivity contribution is 0.628. The molecule has 29 heavy (non-hydrogen) atoms. The summed E-state index contributed by atoms with van der Waals surface area (Å²) in [5.41, 5.74) is 2.51. The molecule has 5 nitrogen and oxygen atoms in total. The van der Waals surface area contributed by atoms with Gasteiger partial charge in [-0.25, -0.2) is 4.39 Å². The van der Waals surface area contributed by atoms with Crippen molar-refractivity contribution in [2.24, 2.45) is 0 Å². The van der Waals surface area contributed by atoms with Crippen molar-refractivity contribution in [1.82, 2.24) is 19.2 Å². The minimum absolute atomic E-state index is 0.0953. The van der Waals surface area contributed by atoms with Crippen LogP contribution < -0.4 is 5.56 Å². The summed E-state index contributed by atoms with van der Waals surface area (Å²) in [6, 6.07) is 23.5. The maximum Gasteiger partial charge on any atom is 0.262 e.